The van der Waals surface area contributed by atoms with Crippen LogP contribution in [0, 0.1) is 5.92 Å². The second kappa shape index (κ2) is 8.18. The molecule has 3 aromatic heterocycles. The minimum Gasteiger partial charge on any atom is -0.347 e. The molecule has 0 atom stereocenters. The molecule has 0 unspecified atom stereocenters. The fraction of sp³-hybridized carbons (Fsp3) is 0.455. The topological polar surface area (TPSA) is 96.8 Å². The van der Waals surface area contributed by atoms with Crippen LogP contribution < -0.4 is 16.6 Å². The zero-order valence-corrected chi connectivity index (χ0v) is 18.3. The van der Waals surface area contributed by atoms with Gasteiger partial charge in [0.15, 0.2) is 5.65 Å². The number of H-pyrrole nitrogens is 1. The van der Waals surface area contributed by atoms with E-state index in [1.807, 2.05) is 19.9 Å². The van der Waals surface area contributed by atoms with Crippen LogP contribution in [0.3, 0.4) is 0 Å². The Balaban J connectivity index is 1.78. The molecule has 2 N–H and O–H groups in total. The van der Waals surface area contributed by atoms with Gasteiger partial charge in [-0.15, -0.1) is 11.3 Å². The number of nitrogens with zero attached hydrogens (tertiary/aromatic N) is 2. The van der Waals surface area contributed by atoms with E-state index in [4.69, 9.17) is 0 Å². The number of amides is 1. The summed E-state index contributed by atoms with van der Waals surface area (Å²) < 4.78 is 1.48. The molecule has 8 heteroatoms. The van der Waals surface area contributed by atoms with Crippen molar-refractivity contribution in [1.82, 2.24) is 19.9 Å². The third-order valence-corrected chi connectivity index (χ3v) is 6.47. The third-order valence-electron chi connectivity index (χ3n) is 5.25. The predicted molar refractivity (Wildman–Crippen MR) is 118 cm³/mol. The van der Waals surface area contributed by atoms with Crippen LogP contribution in [0.2, 0.25) is 0 Å². The van der Waals surface area contributed by atoms with Gasteiger partial charge in [-0.3, -0.25) is 19.1 Å². The minimum atomic E-state index is -0.570. The first kappa shape index (κ1) is 20.5. The molecule has 0 saturated heterocycles. The Morgan fingerprint density at radius 2 is 2.03 bits per heavy atom. The molecule has 7 nitrogen and oxygen atoms in total. The van der Waals surface area contributed by atoms with Gasteiger partial charge in [0.25, 0.3) is 11.5 Å². The summed E-state index contributed by atoms with van der Waals surface area (Å²) in [5.74, 6) is 0.148. The number of hydrogen-bond acceptors (Lipinski definition) is 5. The summed E-state index contributed by atoms with van der Waals surface area (Å²) in [5.41, 5.74) is 0.307. The van der Waals surface area contributed by atoms with Crippen LogP contribution >= 0.6 is 11.3 Å². The zero-order valence-electron chi connectivity index (χ0n) is 17.4. The number of thiophene rings is 1. The van der Waals surface area contributed by atoms with Crippen LogP contribution in [0.25, 0.3) is 11.0 Å². The van der Waals surface area contributed by atoms with Crippen molar-refractivity contribution in [2.75, 3.05) is 0 Å². The van der Waals surface area contributed by atoms with Crippen molar-refractivity contribution in [1.29, 1.82) is 0 Å². The molecule has 4 rings (SSSR count). The number of hydrogen-bond donors (Lipinski definition) is 2. The Morgan fingerprint density at radius 1 is 1.30 bits per heavy atom. The molecule has 158 valence electrons. The van der Waals surface area contributed by atoms with Crippen molar-refractivity contribution >= 4 is 28.3 Å². The molecule has 0 radical (unpaired) electrons. The largest absolute Gasteiger partial charge is 0.347 e. The maximum absolute atomic E-state index is 13.1. The molecule has 1 fully saturated rings. The van der Waals surface area contributed by atoms with E-state index >= 15 is 0 Å². The molecule has 0 aliphatic heterocycles. The van der Waals surface area contributed by atoms with Crippen LogP contribution in [0.1, 0.15) is 65.3 Å². The molecule has 3 aromatic rings. The van der Waals surface area contributed by atoms with E-state index in [1.54, 1.807) is 17.4 Å². The number of aromatic nitrogens is 3. The number of fused-ring (bicyclic) bond motifs is 1. The van der Waals surface area contributed by atoms with Crippen LogP contribution in [0.15, 0.2) is 27.8 Å². The summed E-state index contributed by atoms with van der Waals surface area (Å²) in [4.78, 5) is 47.6. The van der Waals surface area contributed by atoms with Crippen molar-refractivity contribution < 1.29 is 4.79 Å². The smallest absolute Gasteiger partial charge is 0.330 e. The molecular weight excluding hydrogens is 400 g/mol. The van der Waals surface area contributed by atoms with Gasteiger partial charge in [0.05, 0.1) is 17.5 Å². The molecule has 0 bridgehead atoms. The number of carbonyl (C=O) groups is 1. The lowest BCUT2D eigenvalue weighted by Crippen LogP contribution is -2.34. The zero-order chi connectivity index (χ0) is 21.4. The average molecular weight is 427 g/mol. The van der Waals surface area contributed by atoms with E-state index in [0.717, 1.165) is 29.8 Å². The van der Waals surface area contributed by atoms with E-state index in [0.29, 0.717) is 18.7 Å². The highest BCUT2D eigenvalue weighted by Crippen LogP contribution is 2.39. The normalized spacial score (nSPS) is 13.9. The molecule has 0 spiro atoms. The number of nitrogens with one attached hydrogen (secondary N) is 2. The first-order valence-corrected chi connectivity index (χ1v) is 11.2. The van der Waals surface area contributed by atoms with Crippen LogP contribution in [0.5, 0.6) is 0 Å². The van der Waals surface area contributed by atoms with Gasteiger partial charge in [-0.2, -0.15) is 0 Å². The van der Waals surface area contributed by atoms with Crippen molar-refractivity contribution in [2.24, 2.45) is 5.92 Å². The van der Waals surface area contributed by atoms with Gasteiger partial charge < -0.3 is 5.32 Å². The third kappa shape index (κ3) is 4.09. The molecule has 0 aromatic carbocycles. The van der Waals surface area contributed by atoms with Gasteiger partial charge in [-0.05, 0) is 43.4 Å². The maximum atomic E-state index is 13.1. The van der Waals surface area contributed by atoms with E-state index in [1.165, 1.54) is 9.44 Å². The van der Waals surface area contributed by atoms with Crippen LogP contribution in [-0.2, 0) is 19.5 Å². The Morgan fingerprint density at radius 3 is 2.67 bits per heavy atom. The highest BCUT2D eigenvalue weighted by Gasteiger charge is 2.28. The summed E-state index contributed by atoms with van der Waals surface area (Å²) in [6, 6.07) is 5.80. The quantitative estimate of drug-likeness (QED) is 0.606. The number of rotatable bonds is 7. The lowest BCUT2D eigenvalue weighted by atomic mass is 10.1. The molecular formula is C22H26N4O3S. The van der Waals surface area contributed by atoms with Crippen molar-refractivity contribution in [3.63, 3.8) is 0 Å². The van der Waals surface area contributed by atoms with Gasteiger partial charge in [0, 0.05) is 27.9 Å². The van der Waals surface area contributed by atoms with Crippen LogP contribution in [0.4, 0.5) is 0 Å². The fourth-order valence-electron chi connectivity index (χ4n) is 3.57. The average Bonchev–Trinajstić information content (AvgIpc) is 3.46. The van der Waals surface area contributed by atoms with Crippen molar-refractivity contribution in [3.8, 4) is 0 Å². The van der Waals surface area contributed by atoms with Gasteiger partial charge >= 0.3 is 5.69 Å². The van der Waals surface area contributed by atoms with Crippen molar-refractivity contribution in [2.45, 2.75) is 59.0 Å². The molecule has 1 saturated carbocycles. The summed E-state index contributed by atoms with van der Waals surface area (Å²) >= 11 is 1.67. The van der Waals surface area contributed by atoms with E-state index in [-0.39, 0.29) is 28.7 Å². The second-order valence-corrected chi connectivity index (χ2v) is 9.49. The number of aryl methyl sites for hydroxylation is 1. The standard InChI is InChI=1S/C22H26N4O3S/c1-4-14-7-8-15(30-14)10-23-20(27)16-9-17(13-5-6-13)24-19-18(16)21(28)25-22(29)26(19)11-12(2)3/h7-9,12-13H,4-6,10-11H2,1-3H3,(H,23,27)(H,25,28,29). The fourth-order valence-corrected chi connectivity index (χ4v) is 4.46. The summed E-state index contributed by atoms with van der Waals surface area (Å²) in [6.45, 7) is 6.90. The Labute approximate surface area is 178 Å². The number of carbonyl (C=O) groups excluding carboxylic acids is 1. The SMILES string of the molecule is CCc1ccc(CNC(=O)c2cc(C3CC3)nc3c2c(=O)[nH]c(=O)n3CC(C)C)s1. The van der Waals surface area contributed by atoms with E-state index in [2.05, 4.69) is 28.3 Å². The highest BCUT2D eigenvalue weighted by molar-refractivity contribution is 7.11. The Hall–Kier alpha value is -2.74. The molecule has 3 heterocycles. The van der Waals surface area contributed by atoms with E-state index < -0.39 is 11.2 Å². The summed E-state index contributed by atoms with van der Waals surface area (Å²) in [5, 5.41) is 3.12. The molecule has 30 heavy (non-hydrogen) atoms. The van der Waals surface area contributed by atoms with Gasteiger partial charge in [-0.1, -0.05) is 20.8 Å². The molecule has 1 aliphatic carbocycles. The Kier molecular flexibility index (Phi) is 5.60. The molecule has 1 aliphatic rings. The Bertz CT molecular complexity index is 1220. The van der Waals surface area contributed by atoms with E-state index in [9.17, 15) is 14.4 Å². The van der Waals surface area contributed by atoms with Crippen LogP contribution in [-0.4, -0.2) is 20.4 Å². The maximum Gasteiger partial charge on any atom is 0.330 e. The lowest BCUT2D eigenvalue weighted by molar-refractivity contribution is 0.0952. The monoisotopic (exact) mass is 426 g/mol. The second-order valence-electron chi connectivity index (χ2n) is 8.24. The minimum absolute atomic E-state index is 0.178. The lowest BCUT2D eigenvalue weighted by Gasteiger charge is -2.14. The first-order chi connectivity index (χ1) is 14.4. The molecule has 1 amide bonds. The summed E-state index contributed by atoms with van der Waals surface area (Å²) in [6.07, 6.45) is 2.97. The highest BCUT2D eigenvalue weighted by atomic mass is 32.1. The summed E-state index contributed by atoms with van der Waals surface area (Å²) in [7, 11) is 0. The first-order valence-electron chi connectivity index (χ1n) is 10.4. The van der Waals surface area contributed by atoms with Gasteiger partial charge in [-0.25, -0.2) is 9.78 Å². The number of aromatic amines is 1. The van der Waals surface area contributed by atoms with Gasteiger partial charge in [0.2, 0.25) is 0 Å². The predicted octanol–water partition coefficient (Wildman–Crippen LogP) is 3.17. The van der Waals surface area contributed by atoms with Crippen molar-refractivity contribution in [3.05, 3.63) is 60.0 Å². The number of pyridine rings is 1. The van der Waals surface area contributed by atoms with Gasteiger partial charge in [0.1, 0.15) is 0 Å².